The van der Waals surface area contributed by atoms with Gasteiger partial charge in [-0.05, 0) is 32.8 Å². The summed E-state index contributed by atoms with van der Waals surface area (Å²) in [5.41, 5.74) is 1.67. The molecular weight excluding hydrogens is 329 g/mol. The third kappa shape index (κ3) is 4.64. The predicted molar refractivity (Wildman–Crippen MR) is 106 cm³/mol. The normalized spacial score (nSPS) is 13.3. The molecule has 2 aromatic carbocycles. The summed E-state index contributed by atoms with van der Waals surface area (Å²) in [4.78, 5) is 24.1. The van der Waals surface area contributed by atoms with Gasteiger partial charge in [0.05, 0.1) is 5.56 Å². The van der Waals surface area contributed by atoms with Crippen LogP contribution < -0.4 is 5.32 Å². The Balaban J connectivity index is 0.00000364. The molecule has 3 nitrogen and oxygen atoms in total. The molecule has 0 amide bonds. The van der Waals surface area contributed by atoms with Crippen LogP contribution in [0.25, 0.3) is 0 Å². The molecule has 0 bridgehead atoms. The van der Waals surface area contributed by atoms with Gasteiger partial charge in [-0.15, -0.1) is 0 Å². The van der Waals surface area contributed by atoms with Crippen LogP contribution in [-0.4, -0.2) is 17.6 Å². The molecule has 4 heteroatoms. The molecule has 26 heavy (non-hydrogen) atoms. The molecular formula is C22H30FNO2. The first kappa shape index (κ1) is 20.0. The Labute approximate surface area is 157 Å². The van der Waals surface area contributed by atoms with Gasteiger partial charge >= 0.3 is 0 Å². The number of carbonyl (C=O) groups excluding carboxylic acids is 2. The molecule has 0 aromatic heterocycles. The maximum absolute atomic E-state index is 15.3. The Morgan fingerprint density at radius 3 is 2.38 bits per heavy atom. The Hall–Kier alpha value is -2.33. The Bertz CT molecular complexity index is 797. The first-order chi connectivity index (χ1) is 12.3. The van der Waals surface area contributed by atoms with E-state index >= 15 is 4.39 Å². The number of halogens is 1. The molecule has 0 aliphatic rings. The van der Waals surface area contributed by atoms with Crippen LogP contribution in [0.5, 0.6) is 0 Å². The number of rotatable bonds is 8. The van der Waals surface area contributed by atoms with Crippen LogP contribution in [-0.2, 0) is 4.79 Å². The highest BCUT2D eigenvalue weighted by atomic mass is 19.1. The number of hydrogen-bond acceptors (Lipinski definition) is 3. The predicted octanol–water partition coefficient (Wildman–Crippen LogP) is 5.27. The number of aryl methyl sites for hydroxylation is 1. The summed E-state index contributed by atoms with van der Waals surface area (Å²) < 4.78 is 15.3. The summed E-state index contributed by atoms with van der Waals surface area (Å²) in [5.74, 6) is -0.702. The molecule has 0 saturated heterocycles. The van der Waals surface area contributed by atoms with E-state index in [1.807, 2.05) is 19.9 Å². The minimum Gasteiger partial charge on any atom is -0.307 e. The summed E-state index contributed by atoms with van der Waals surface area (Å²) in [6.07, 6.45) is 1.04. The lowest BCUT2D eigenvalue weighted by Crippen LogP contribution is -2.32. The lowest BCUT2D eigenvalue weighted by atomic mass is 9.92. The summed E-state index contributed by atoms with van der Waals surface area (Å²) in [6, 6.07) is 11.9. The second kappa shape index (κ2) is 8.86. The molecule has 0 aliphatic heterocycles. The number of nitrogens with one attached hydrogen (secondary N) is 1. The van der Waals surface area contributed by atoms with E-state index in [1.165, 1.54) is 0 Å². The van der Waals surface area contributed by atoms with Gasteiger partial charge < -0.3 is 5.32 Å². The summed E-state index contributed by atoms with van der Waals surface area (Å²) in [5, 5.41) is 3.31. The Morgan fingerprint density at radius 1 is 1.15 bits per heavy atom. The highest BCUT2D eigenvalue weighted by molar-refractivity contribution is 6.10. The zero-order valence-corrected chi connectivity index (χ0v) is 15.8. The molecule has 0 spiro atoms. The smallest absolute Gasteiger partial charge is 0.196 e. The number of ketones is 2. The van der Waals surface area contributed by atoms with Crippen molar-refractivity contribution in [1.29, 1.82) is 0 Å². The summed E-state index contributed by atoms with van der Waals surface area (Å²) >= 11 is 0. The highest BCUT2D eigenvalue weighted by Crippen LogP contribution is 2.27. The topological polar surface area (TPSA) is 46.2 Å². The van der Waals surface area contributed by atoms with Gasteiger partial charge in [0, 0.05) is 32.5 Å². The molecule has 2 atom stereocenters. The second-order valence-electron chi connectivity index (χ2n) is 6.79. The zero-order chi connectivity index (χ0) is 19.3. The lowest BCUT2D eigenvalue weighted by molar-refractivity contribution is -0.117. The van der Waals surface area contributed by atoms with Crippen molar-refractivity contribution in [2.24, 2.45) is 0 Å². The first-order valence-corrected chi connectivity index (χ1v) is 8.99. The van der Waals surface area contributed by atoms with E-state index in [2.05, 4.69) is 5.32 Å². The number of carbonyl (C=O) groups is 2. The Kier molecular flexibility index (Phi) is 6.81. The van der Waals surface area contributed by atoms with E-state index < -0.39 is 5.82 Å². The van der Waals surface area contributed by atoms with Crippen molar-refractivity contribution in [3.63, 3.8) is 0 Å². The van der Waals surface area contributed by atoms with Crippen molar-refractivity contribution < 1.29 is 16.8 Å². The van der Waals surface area contributed by atoms with Crippen molar-refractivity contribution in [2.75, 3.05) is 0 Å². The van der Waals surface area contributed by atoms with E-state index in [0.29, 0.717) is 29.5 Å². The van der Waals surface area contributed by atoms with Crippen LogP contribution in [0.4, 0.5) is 4.39 Å². The van der Waals surface area contributed by atoms with Crippen LogP contribution in [0.2, 0.25) is 0 Å². The summed E-state index contributed by atoms with van der Waals surface area (Å²) in [7, 11) is 0. The van der Waals surface area contributed by atoms with E-state index in [4.69, 9.17) is 0 Å². The molecule has 0 unspecified atom stereocenters. The summed E-state index contributed by atoms with van der Waals surface area (Å²) in [6.45, 7) is 7.15. The fourth-order valence-corrected chi connectivity index (χ4v) is 3.23. The average Bonchev–Trinajstić information content (AvgIpc) is 2.60. The van der Waals surface area contributed by atoms with E-state index in [9.17, 15) is 9.59 Å². The first-order valence-electron chi connectivity index (χ1n) is 8.99. The largest absolute Gasteiger partial charge is 0.307 e. The van der Waals surface area contributed by atoms with Crippen LogP contribution >= 0.6 is 0 Å². The van der Waals surface area contributed by atoms with Crippen LogP contribution in [0, 0.1) is 12.7 Å². The van der Waals surface area contributed by atoms with Crippen molar-refractivity contribution in [3.8, 4) is 0 Å². The number of hydrogen-bond donors (Lipinski definition) is 1. The minimum atomic E-state index is -0.478. The van der Waals surface area contributed by atoms with Crippen LogP contribution in [0.1, 0.15) is 69.6 Å². The standard InChI is InChI=1S/C22H26FNO2.2H2/c1-5-19(24-15(3)13-16(4)25)18-12-11-14(2)20(21(18)23)22(26)17-9-7-6-8-10-17;;/h6-12,15,19,24H,5,13H2,1-4H3;2*1H/t15-,19+;;/m0../s1. The molecule has 0 radical (unpaired) electrons. The van der Waals surface area contributed by atoms with Gasteiger partial charge in [-0.3, -0.25) is 9.59 Å². The van der Waals surface area contributed by atoms with Gasteiger partial charge in [0.1, 0.15) is 11.6 Å². The number of Topliss-reactive ketones (excluding diaryl/α,β-unsaturated/α-hetero) is 1. The fourth-order valence-electron chi connectivity index (χ4n) is 3.23. The van der Waals surface area contributed by atoms with E-state index in [1.54, 1.807) is 50.2 Å². The van der Waals surface area contributed by atoms with Gasteiger partial charge in [-0.2, -0.15) is 0 Å². The molecule has 2 aromatic rings. The van der Waals surface area contributed by atoms with Crippen LogP contribution in [0.3, 0.4) is 0 Å². The maximum Gasteiger partial charge on any atom is 0.196 e. The van der Waals surface area contributed by atoms with Crippen molar-refractivity contribution in [3.05, 3.63) is 70.5 Å². The minimum absolute atomic E-state index is 0. The van der Waals surface area contributed by atoms with Gasteiger partial charge in [-0.25, -0.2) is 4.39 Å². The maximum atomic E-state index is 15.3. The van der Waals surface area contributed by atoms with Crippen molar-refractivity contribution in [2.45, 2.75) is 52.6 Å². The number of benzene rings is 2. The third-order valence-corrected chi connectivity index (χ3v) is 4.51. The second-order valence-corrected chi connectivity index (χ2v) is 6.79. The molecule has 1 N–H and O–H groups in total. The van der Waals surface area contributed by atoms with Gasteiger partial charge in [0.15, 0.2) is 5.78 Å². The van der Waals surface area contributed by atoms with Crippen molar-refractivity contribution in [1.82, 2.24) is 5.32 Å². The molecule has 0 aliphatic carbocycles. The fraction of sp³-hybridized carbons (Fsp3) is 0.364. The molecule has 2 rings (SSSR count). The highest BCUT2D eigenvalue weighted by Gasteiger charge is 2.24. The van der Waals surface area contributed by atoms with E-state index in [0.717, 1.165) is 0 Å². The molecule has 0 fully saturated rings. The average molecular weight is 359 g/mol. The molecule has 142 valence electrons. The Morgan fingerprint density at radius 2 is 1.81 bits per heavy atom. The quantitative estimate of drug-likeness (QED) is 0.654. The van der Waals surface area contributed by atoms with Crippen LogP contribution in [0.15, 0.2) is 42.5 Å². The van der Waals surface area contributed by atoms with E-state index in [-0.39, 0.29) is 32.1 Å². The SMILES string of the molecule is CC[C@@H](N[C@@H](C)CC(C)=O)c1ccc(C)c(C(=O)c2ccccc2)c1F.[HH].[HH]. The van der Waals surface area contributed by atoms with Gasteiger partial charge in [-0.1, -0.05) is 49.4 Å². The lowest BCUT2D eigenvalue weighted by Gasteiger charge is -2.24. The zero-order valence-electron chi connectivity index (χ0n) is 15.8. The molecule has 0 heterocycles. The monoisotopic (exact) mass is 359 g/mol. The van der Waals surface area contributed by atoms with Crippen molar-refractivity contribution >= 4 is 11.6 Å². The third-order valence-electron chi connectivity index (χ3n) is 4.51. The molecule has 0 saturated carbocycles. The van der Waals surface area contributed by atoms with Gasteiger partial charge in [0.2, 0.25) is 0 Å². The van der Waals surface area contributed by atoms with Gasteiger partial charge in [0.25, 0.3) is 0 Å².